The molecule has 3 fully saturated rings. The maximum Gasteiger partial charge on any atom is 0.248 e. The third-order valence-corrected chi connectivity index (χ3v) is 15.7. The van der Waals surface area contributed by atoms with Crippen LogP contribution >= 0.6 is 11.6 Å². The second kappa shape index (κ2) is 22.8. The average Bonchev–Trinajstić information content (AvgIpc) is 4.53. The van der Waals surface area contributed by atoms with E-state index in [1.807, 2.05) is 81.0 Å². The number of pyridine rings is 1. The molecule has 5 aromatic heterocycles. The van der Waals surface area contributed by atoms with E-state index in [1.165, 1.54) is 31.2 Å². The minimum absolute atomic E-state index is 0.00406. The van der Waals surface area contributed by atoms with Crippen molar-refractivity contribution in [3.05, 3.63) is 134 Å². The first-order valence-electron chi connectivity index (χ1n) is 26.7. The van der Waals surface area contributed by atoms with Gasteiger partial charge < -0.3 is 50.0 Å². The Kier molecular flexibility index (Phi) is 15.2. The van der Waals surface area contributed by atoms with Gasteiger partial charge in [0, 0.05) is 105 Å². The maximum absolute atomic E-state index is 14.1. The second-order valence-corrected chi connectivity index (χ2v) is 20.8. The highest BCUT2D eigenvalue weighted by Crippen LogP contribution is 2.45. The summed E-state index contributed by atoms with van der Waals surface area (Å²) in [5.41, 5.74) is 8.61. The second-order valence-electron chi connectivity index (χ2n) is 20.4. The van der Waals surface area contributed by atoms with E-state index in [-0.39, 0.29) is 29.9 Å². The molecule has 4 N–H and O–H groups in total. The molecule has 79 heavy (non-hydrogen) atoms. The lowest BCUT2D eigenvalue weighted by atomic mass is 9.96. The monoisotopic (exact) mass is 1080 g/mol. The van der Waals surface area contributed by atoms with Gasteiger partial charge in [0.2, 0.25) is 23.7 Å². The average molecular weight is 1080 g/mol. The first-order chi connectivity index (χ1) is 38.4. The molecule has 1 spiro atoms. The summed E-state index contributed by atoms with van der Waals surface area (Å²) < 4.78 is 16.4. The minimum Gasteiger partial charge on any atom is -0.494 e. The highest BCUT2D eigenvalue weighted by molar-refractivity contribution is 6.33. The van der Waals surface area contributed by atoms with Gasteiger partial charge in [-0.05, 0) is 107 Å². The topological polar surface area (TPSA) is 187 Å². The van der Waals surface area contributed by atoms with Crippen LogP contribution in [0, 0.1) is 0 Å². The van der Waals surface area contributed by atoms with Crippen LogP contribution in [0.1, 0.15) is 32.1 Å². The Balaban J connectivity index is 0.881. The van der Waals surface area contributed by atoms with Crippen molar-refractivity contribution in [1.29, 1.82) is 0 Å². The van der Waals surface area contributed by atoms with Crippen LogP contribution in [0.2, 0.25) is 5.02 Å². The molecule has 0 bridgehead atoms. The number of para-hydroxylation sites is 1. The zero-order valence-electron chi connectivity index (χ0n) is 44.9. The number of carbonyl (C=O) groups excluding carboxylic acids is 2. The number of fused-ring (bicyclic) bond motifs is 2. The van der Waals surface area contributed by atoms with Gasteiger partial charge in [-0.2, -0.15) is 5.10 Å². The molecule has 0 radical (unpaired) electrons. The Morgan fingerprint density at radius 3 is 2.41 bits per heavy atom. The molecule has 19 nitrogen and oxygen atoms in total. The molecule has 3 aliphatic heterocycles. The van der Waals surface area contributed by atoms with Crippen molar-refractivity contribution in [2.24, 2.45) is 7.05 Å². The summed E-state index contributed by atoms with van der Waals surface area (Å²) in [6.07, 6.45) is 18.9. The number of aromatic nitrogens is 7. The Labute approximate surface area is 463 Å². The number of nitrogens with one attached hydrogen (secondary N) is 4. The lowest BCUT2D eigenvalue weighted by Crippen LogP contribution is -2.43. The van der Waals surface area contributed by atoms with Crippen LogP contribution in [0.15, 0.2) is 129 Å². The van der Waals surface area contributed by atoms with E-state index < -0.39 is 0 Å². The van der Waals surface area contributed by atoms with Crippen molar-refractivity contribution in [1.82, 2.24) is 43.9 Å². The summed E-state index contributed by atoms with van der Waals surface area (Å²) in [5.74, 6) is 0.856. The Morgan fingerprint density at radius 1 is 0.823 bits per heavy atom. The van der Waals surface area contributed by atoms with E-state index in [0.717, 1.165) is 110 Å². The fourth-order valence-electron chi connectivity index (χ4n) is 11.2. The van der Waals surface area contributed by atoms with Crippen LogP contribution in [0.25, 0.3) is 38.9 Å². The quantitative estimate of drug-likeness (QED) is 0.0560. The number of likely N-dealkylation sites (N-methyl/N-ethyl adjacent to an activating group) is 2. The Bertz CT molecular complexity index is 3610. The number of likely N-dealkylation sites (tertiary alicyclic amines) is 2. The Morgan fingerprint density at radius 2 is 1.59 bits per heavy atom. The third-order valence-electron chi connectivity index (χ3n) is 15.4. The van der Waals surface area contributed by atoms with E-state index in [4.69, 9.17) is 31.0 Å². The number of nitrogens with zero attached hydrogens (tertiary/aromatic N) is 11. The highest BCUT2D eigenvalue weighted by atomic mass is 35.5. The van der Waals surface area contributed by atoms with E-state index >= 15 is 0 Å². The van der Waals surface area contributed by atoms with Crippen molar-refractivity contribution in [2.45, 2.75) is 37.6 Å². The first-order valence-corrected chi connectivity index (χ1v) is 27.0. The van der Waals surface area contributed by atoms with Gasteiger partial charge in [-0.3, -0.25) is 14.5 Å². The molecule has 3 saturated heterocycles. The molecule has 20 heteroatoms. The van der Waals surface area contributed by atoms with Gasteiger partial charge in [0.25, 0.3) is 0 Å². The number of ether oxygens (including phenoxy) is 2. The molecule has 3 aliphatic rings. The number of halogens is 1. The van der Waals surface area contributed by atoms with Gasteiger partial charge in [-0.25, -0.2) is 24.5 Å². The van der Waals surface area contributed by atoms with Crippen LogP contribution in [-0.2, 0) is 16.6 Å². The summed E-state index contributed by atoms with van der Waals surface area (Å²) in [7, 11) is 7.85. The van der Waals surface area contributed by atoms with E-state index in [1.54, 1.807) is 30.1 Å². The summed E-state index contributed by atoms with van der Waals surface area (Å²) in [6.45, 7) is 10.1. The van der Waals surface area contributed by atoms with Crippen LogP contribution in [0.3, 0.4) is 0 Å². The van der Waals surface area contributed by atoms with Crippen LogP contribution in [0.4, 0.5) is 46.0 Å². The fraction of sp³-hybridized carbons (Fsp3) is 0.305. The zero-order chi connectivity index (χ0) is 54.6. The van der Waals surface area contributed by atoms with Crippen molar-refractivity contribution in [2.75, 3.05) is 105 Å². The molecule has 3 aromatic carbocycles. The van der Waals surface area contributed by atoms with Crippen LogP contribution in [-0.4, -0.2) is 135 Å². The molecule has 11 rings (SSSR count). The number of benzene rings is 3. The lowest BCUT2D eigenvalue weighted by Gasteiger charge is -2.33. The number of methoxy groups -OCH3 is 1. The molecule has 0 saturated carbocycles. The molecular formula is C59H64ClN15O4. The van der Waals surface area contributed by atoms with Crippen molar-refractivity contribution >= 4 is 85.9 Å². The first kappa shape index (κ1) is 52.5. The van der Waals surface area contributed by atoms with Gasteiger partial charge >= 0.3 is 0 Å². The molecule has 406 valence electrons. The van der Waals surface area contributed by atoms with E-state index in [9.17, 15) is 9.59 Å². The summed E-state index contributed by atoms with van der Waals surface area (Å²) in [6, 6.07) is 23.4. The molecular weight excluding hydrogens is 1020 g/mol. The predicted octanol–water partition coefficient (Wildman–Crippen LogP) is 9.79. The zero-order valence-corrected chi connectivity index (χ0v) is 45.6. The van der Waals surface area contributed by atoms with Gasteiger partial charge in [-0.15, -0.1) is 0 Å². The molecule has 1 atom stereocenters. The summed E-state index contributed by atoms with van der Waals surface area (Å²) in [4.78, 5) is 55.5. The predicted molar refractivity (Wildman–Crippen MR) is 314 cm³/mol. The standard InChI is InChI=1S/C59H64ClN15O4/c1-6-54(76)64-45-32-47(68-58-62-36-42(60)56(69-58)40-35-63-75-26-10-9-17-49(40)75)53(34-51(45)74-27-21-59(38-74)20-14-23-72(59)4)79-30-13-18-55(77)65-44-31-46(52(78-5)33-50(44)70(2)28-29-73-24-11-12-25-73)67-57-61-22-19-43(66-57)41-37-71(3)48-16-8-7-15-39(41)48/h6-10,13,15-19,22,26,31-37H,1,11-12,14,20-21,23-25,27-30,38H2,2-5H3,(H,64,76)(H,65,77)(H,61,66,67)(H,62,68,69)/b18-13+/t59-/m0/s1. The van der Waals surface area contributed by atoms with Crippen molar-refractivity contribution < 1.29 is 19.1 Å². The summed E-state index contributed by atoms with van der Waals surface area (Å²) in [5, 5.41) is 18.9. The van der Waals surface area contributed by atoms with E-state index in [0.29, 0.717) is 50.9 Å². The SMILES string of the molecule is C=CC(=O)Nc1cc(Nc2ncc(Cl)c(-c3cnn4ccccc34)n2)c(OC/C=C/C(=O)Nc2cc(Nc3nccc(-c4cn(C)c5ccccc45)n3)c(OC)cc2N(C)CCN2CCCC2)cc1N1CC[C@@]2(CCCN2C)C1. The number of anilines is 8. The Hall–Kier alpha value is -8.52. The number of rotatable bonds is 19. The highest BCUT2D eigenvalue weighted by Gasteiger charge is 2.45. The van der Waals surface area contributed by atoms with Crippen molar-refractivity contribution in [3.63, 3.8) is 0 Å². The minimum atomic E-state index is -0.373. The molecule has 2 amide bonds. The lowest BCUT2D eigenvalue weighted by molar-refractivity contribution is -0.112. The fourth-order valence-corrected chi connectivity index (χ4v) is 11.4. The van der Waals surface area contributed by atoms with Gasteiger partial charge in [0.1, 0.15) is 18.1 Å². The number of hydrogen-bond donors (Lipinski definition) is 4. The van der Waals surface area contributed by atoms with Gasteiger partial charge in [0.05, 0.1) is 75.6 Å². The largest absolute Gasteiger partial charge is 0.494 e. The normalized spacial score (nSPS) is 16.6. The maximum atomic E-state index is 14.1. The number of hydrogen-bond acceptors (Lipinski definition) is 15. The molecule has 8 aromatic rings. The molecule has 0 unspecified atom stereocenters. The van der Waals surface area contributed by atoms with Gasteiger partial charge in [-0.1, -0.05) is 42.4 Å². The van der Waals surface area contributed by atoms with Crippen LogP contribution < -0.4 is 40.5 Å². The molecule has 8 heterocycles. The number of amides is 2. The molecule has 0 aliphatic carbocycles. The summed E-state index contributed by atoms with van der Waals surface area (Å²) >= 11 is 6.75. The number of carbonyl (C=O) groups is 2. The van der Waals surface area contributed by atoms with E-state index in [2.05, 4.69) is 92.5 Å². The number of aryl methyl sites for hydroxylation is 1. The van der Waals surface area contributed by atoms with Crippen molar-refractivity contribution in [3.8, 4) is 34.0 Å². The van der Waals surface area contributed by atoms with Gasteiger partial charge in [0.15, 0.2) is 0 Å². The smallest absolute Gasteiger partial charge is 0.248 e. The third kappa shape index (κ3) is 11.1. The van der Waals surface area contributed by atoms with Crippen LogP contribution in [0.5, 0.6) is 11.5 Å².